The molecule has 1 aromatic carbocycles. The van der Waals surface area contributed by atoms with Crippen LogP contribution in [0, 0.1) is 0 Å². The third-order valence-corrected chi connectivity index (χ3v) is 7.04. The fraction of sp³-hybridized carbons (Fsp3) is 0.227. The standard InChI is InChI=1S/C22H20N4OS2/c27-22(25-11-4-6-16(14-25)21-23-10-13-29-21)18-15-26(17-7-2-1-3-8-17)24-20(18)19-9-5-12-28-19/h1-3,5,7-10,12-13,15-16H,4,6,11,14H2. The van der Waals surface area contributed by atoms with Crippen LogP contribution in [0.15, 0.2) is 65.6 Å². The number of aromatic nitrogens is 3. The second kappa shape index (κ2) is 7.93. The first-order valence-electron chi connectivity index (χ1n) is 9.67. The predicted octanol–water partition coefficient (Wildman–Crippen LogP) is 5.08. The van der Waals surface area contributed by atoms with Gasteiger partial charge in [0.1, 0.15) is 5.69 Å². The van der Waals surface area contributed by atoms with Crippen LogP contribution in [0.3, 0.4) is 0 Å². The summed E-state index contributed by atoms with van der Waals surface area (Å²) in [5.41, 5.74) is 2.37. The molecule has 1 saturated heterocycles. The highest BCUT2D eigenvalue weighted by Gasteiger charge is 2.29. The van der Waals surface area contributed by atoms with Gasteiger partial charge in [-0.1, -0.05) is 24.3 Å². The molecule has 5 rings (SSSR count). The van der Waals surface area contributed by atoms with Gasteiger partial charge in [-0.15, -0.1) is 22.7 Å². The minimum atomic E-state index is 0.0526. The average molecular weight is 421 g/mol. The molecule has 7 heteroatoms. The minimum absolute atomic E-state index is 0.0526. The van der Waals surface area contributed by atoms with E-state index in [1.54, 1.807) is 22.7 Å². The van der Waals surface area contributed by atoms with Gasteiger partial charge in [0.05, 0.1) is 21.1 Å². The molecule has 1 fully saturated rings. The maximum Gasteiger partial charge on any atom is 0.257 e. The van der Waals surface area contributed by atoms with Crippen molar-refractivity contribution in [2.24, 2.45) is 0 Å². The molecule has 0 N–H and O–H groups in total. The lowest BCUT2D eigenvalue weighted by Gasteiger charge is -2.31. The van der Waals surface area contributed by atoms with Crippen molar-refractivity contribution < 1.29 is 4.79 Å². The van der Waals surface area contributed by atoms with E-state index in [1.165, 1.54) is 0 Å². The Balaban J connectivity index is 1.49. The molecular formula is C22H20N4OS2. The van der Waals surface area contributed by atoms with E-state index in [-0.39, 0.29) is 5.91 Å². The van der Waals surface area contributed by atoms with Crippen LogP contribution in [0.1, 0.15) is 34.1 Å². The lowest BCUT2D eigenvalue weighted by atomic mass is 9.98. The average Bonchev–Trinajstić information content (AvgIpc) is 3.55. The van der Waals surface area contributed by atoms with Crippen LogP contribution in [0.5, 0.6) is 0 Å². The number of hydrogen-bond donors (Lipinski definition) is 0. The van der Waals surface area contributed by atoms with E-state index >= 15 is 0 Å². The van der Waals surface area contributed by atoms with Gasteiger partial charge < -0.3 is 4.90 Å². The quantitative estimate of drug-likeness (QED) is 0.463. The first-order valence-corrected chi connectivity index (χ1v) is 11.4. The minimum Gasteiger partial charge on any atom is -0.338 e. The van der Waals surface area contributed by atoms with E-state index in [4.69, 9.17) is 5.10 Å². The molecule has 1 unspecified atom stereocenters. The first kappa shape index (κ1) is 18.3. The Morgan fingerprint density at radius 1 is 1.07 bits per heavy atom. The van der Waals surface area contributed by atoms with Crippen molar-refractivity contribution in [3.8, 4) is 16.3 Å². The fourth-order valence-electron chi connectivity index (χ4n) is 3.81. The summed E-state index contributed by atoms with van der Waals surface area (Å²) in [5, 5.41) is 9.93. The van der Waals surface area contributed by atoms with Gasteiger partial charge in [0.2, 0.25) is 0 Å². The fourth-order valence-corrected chi connectivity index (χ4v) is 5.30. The molecule has 1 atom stereocenters. The number of rotatable bonds is 4. The molecule has 146 valence electrons. The van der Waals surface area contributed by atoms with E-state index in [0.29, 0.717) is 18.0 Å². The second-order valence-corrected chi connectivity index (χ2v) is 8.98. The molecule has 0 spiro atoms. The zero-order valence-electron chi connectivity index (χ0n) is 15.8. The zero-order valence-corrected chi connectivity index (χ0v) is 17.4. The molecule has 5 nitrogen and oxygen atoms in total. The van der Waals surface area contributed by atoms with Gasteiger partial charge in [0.25, 0.3) is 5.91 Å². The van der Waals surface area contributed by atoms with Gasteiger partial charge in [-0.25, -0.2) is 9.67 Å². The van der Waals surface area contributed by atoms with Gasteiger partial charge in [0, 0.05) is 36.8 Å². The molecule has 1 aliphatic rings. The molecule has 3 aromatic heterocycles. The summed E-state index contributed by atoms with van der Waals surface area (Å²) >= 11 is 3.28. The van der Waals surface area contributed by atoms with Crippen LogP contribution in [0.4, 0.5) is 0 Å². The molecule has 29 heavy (non-hydrogen) atoms. The normalized spacial score (nSPS) is 16.8. The second-order valence-electron chi connectivity index (χ2n) is 7.11. The van der Waals surface area contributed by atoms with Gasteiger partial charge in [-0.05, 0) is 36.4 Å². The molecule has 0 bridgehead atoms. The van der Waals surface area contributed by atoms with Gasteiger partial charge in [-0.2, -0.15) is 5.10 Å². The number of carbonyl (C=O) groups excluding carboxylic acids is 1. The Morgan fingerprint density at radius 2 is 1.97 bits per heavy atom. The Kier molecular flexibility index (Phi) is 4.99. The maximum atomic E-state index is 13.5. The number of carbonyl (C=O) groups is 1. The summed E-state index contributed by atoms with van der Waals surface area (Å²) in [6, 6.07) is 13.9. The van der Waals surface area contributed by atoms with Crippen molar-refractivity contribution in [3.63, 3.8) is 0 Å². The Morgan fingerprint density at radius 3 is 2.72 bits per heavy atom. The summed E-state index contributed by atoms with van der Waals surface area (Å²) in [7, 11) is 0. The third kappa shape index (κ3) is 3.63. The molecule has 1 aliphatic heterocycles. The van der Waals surface area contributed by atoms with Crippen molar-refractivity contribution >= 4 is 28.6 Å². The lowest BCUT2D eigenvalue weighted by molar-refractivity contribution is 0.0708. The highest BCUT2D eigenvalue weighted by molar-refractivity contribution is 7.13. The maximum absolute atomic E-state index is 13.5. The zero-order chi connectivity index (χ0) is 19.6. The highest BCUT2D eigenvalue weighted by Crippen LogP contribution is 2.32. The van der Waals surface area contributed by atoms with Crippen LogP contribution in [-0.2, 0) is 0 Å². The monoisotopic (exact) mass is 420 g/mol. The largest absolute Gasteiger partial charge is 0.338 e. The Hall–Kier alpha value is -2.77. The molecular weight excluding hydrogens is 400 g/mol. The van der Waals surface area contributed by atoms with E-state index in [0.717, 1.165) is 40.7 Å². The smallest absolute Gasteiger partial charge is 0.257 e. The third-order valence-electron chi connectivity index (χ3n) is 5.23. The van der Waals surface area contributed by atoms with Crippen LogP contribution < -0.4 is 0 Å². The molecule has 1 amide bonds. The number of piperidine rings is 1. The number of thiophene rings is 1. The van der Waals surface area contributed by atoms with Crippen molar-refractivity contribution in [2.75, 3.05) is 13.1 Å². The van der Waals surface area contributed by atoms with Crippen LogP contribution in [0.2, 0.25) is 0 Å². The van der Waals surface area contributed by atoms with Gasteiger partial charge >= 0.3 is 0 Å². The van der Waals surface area contributed by atoms with Gasteiger partial charge in [0.15, 0.2) is 0 Å². The van der Waals surface area contributed by atoms with E-state index in [9.17, 15) is 4.79 Å². The first-order chi connectivity index (χ1) is 14.3. The summed E-state index contributed by atoms with van der Waals surface area (Å²) in [6.45, 7) is 1.49. The van der Waals surface area contributed by atoms with Gasteiger partial charge in [-0.3, -0.25) is 4.79 Å². The number of nitrogens with zero attached hydrogens (tertiary/aromatic N) is 4. The lowest BCUT2D eigenvalue weighted by Crippen LogP contribution is -2.39. The molecule has 4 aromatic rings. The number of likely N-dealkylation sites (tertiary alicyclic amines) is 1. The topological polar surface area (TPSA) is 51.0 Å². The number of thiazole rings is 1. The molecule has 0 saturated carbocycles. The van der Waals surface area contributed by atoms with Crippen molar-refractivity contribution in [3.05, 3.63) is 76.2 Å². The number of para-hydroxylation sites is 1. The van der Waals surface area contributed by atoms with Crippen LogP contribution >= 0.6 is 22.7 Å². The molecule has 0 radical (unpaired) electrons. The SMILES string of the molecule is O=C(c1cn(-c2ccccc2)nc1-c1cccs1)N1CCCC(c2nccs2)C1. The Bertz CT molecular complexity index is 1090. The van der Waals surface area contributed by atoms with E-state index in [1.807, 2.05) is 75.2 Å². The molecule has 4 heterocycles. The summed E-state index contributed by atoms with van der Waals surface area (Å²) in [6.07, 6.45) is 5.80. The Labute approximate surface area is 177 Å². The van der Waals surface area contributed by atoms with Crippen molar-refractivity contribution in [1.29, 1.82) is 0 Å². The summed E-state index contributed by atoms with van der Waals surface area (Å²) in [4.78, 5) is 21.0. The number of benzene rings is 1. The summed E-state index contributed by atoms with van der Waals surface area (Å²) in [5.74, 6) is 0.374. The molecule has 0 aliphatic carbocycles. The number of hydrogen-bond acceptors (Lipinski definition) is 5. The van der Waals surface area contributed by atoms with E-state index < -0.39 is 0 Å². The highest BCUT2D eigenvalue weighted by atomic mass is 32.1. The van der Waals surface area contributed by atoms with Crippen molar-refractivity contribution in [1.82, 2.24) is 19.7 Å². The van der Waals surface area contributed by atoms with E-state index in [2.05, 4.69) is 4.98 Å². The van der Waals surface area contributed by atoms with Crippen LogP contribution in [0.25, 0.3) is 16.3 Å². The number of amides is 1. The van der Waals surface area contributed by atoms with Crippen LogP contribution in [-0.4, -0.2) is 38.7 Å². The summed E-state index contributed by atoms with van der Waals surface area (Å²) < 4.78 is 1.81. The van der Waals surface area contributed by atoms with Crippen molar-refractivity contribution in [2.45, 2.75) is 18.8 Å². The predicted molar refractivity (Wildman–Crippen MR) is 117 cm³/mol.